The van der Waals surface area contributed by atoms with Gasteiger partial charge < -0.3 is 42.5 Å². The predicted molar refractivity (Wildman–Crippen MR) is 188 cm³/mol. The summed E-state index contributed by atoms with van der Waals surface area (Å²) in [4.78, 5) is 22.5. The van der Waals surface area contributed by atoms with E-state index < -0.39 is 24.0 Å². The van der Waals surface area contributed by atoms with Crippen molar-refractivity contribution in [3.63, 3.8) is 0 Å². The SMILES string of the molecule is CC(CCc1ccccc1)NCC(O)c1ccc(O)c(C(N)=O)c1.CC(CCc1ccccc1)NCC(O)c1ccc(O)c(C(N)=O)c1. The van der Waals surface area contributed by atoms with E-state index in [1.165, 1.54) is 35.4 Å². The highest BCUT2D eigenvalue weighted by Gasteiger charge is 2.16. The number of hydrogen-bond donors (Lipinski definition) is 8. The van der Waals surface area contributed by atoms with Gasteiger partial charge in [-0.3, -0.25) is 9.59 Å². The van der Waals surface area contributed by atoms with Crippen LogP contribution in [0.2, 0.25) is 0 Å². The van der Waals surface area contributed by atoms with Crippen LogP contribution in [0.3, 0.4) is 0 Å². The molecule has 10 N–H and O–H groups in total. The molecule has 0 heterocycles. The van der Waals surface area contributed by atoms with Crippen molar-refractivity contribution in [2.24, 2.45) is 11.5 Å². The number of nitrogens with two attached hydrogens (primary N) is 2. The Morgan fingerprint density at radius 3 is 1.29 bits per heavy atom. The lowest BCUT2D eigenvalue weighted by Gasteiger charge is -2.18. The van der Waals surface area contributed by atoms with Crippen molar-refractivity contribution in [1.29, 1.82) is 0 Å². The van der Waals surface area contributed by atoms with Gasteiger partial charge in [0.1, 0.15) is 11.5 Å². The topological polar surface area (TPSA) is 191 Å². The van der Waals surface area contributed by atoms with Crippen LogP contribution in [-0.2, 0) is 12.8 Å². The number of aryl methyl sites for hydroxylation is 2. The summed E-state index contributed by atoms with van der Waals surface area (Å²) >= 11 is 0. The zero-order valence-electron chi connectivity index (χ0n) is 27.5. The molecule has 0 radical (unpaired) electrons. The second-order valence-corrected chi connectivity index (χ2v) is 12.0. The van der Waals surface area contributed by atoms with Gasteiger partial charge in [-0.15, -0.1) is 0 Å². The van der Waals surface area contributed by atoms with Gasteiger partial charge >= 0.3 is 0 Å². The zero-order chi connectivity index (χ0) is 35.1. The minimum absolute atomic E-state index is 0.0173. The van der Waals surface area contributed by atoms with Crippen LogP contribution in [0.5, 0.6) is 11.5 Å². The second kappa shape index (κ2) is 19.2. The molecule has 0 saturated carbocycles. The lowest BCUT2D eigenvalue weighted by molar-refractivity contribution is 0.0988. The Morgan fingerprint density at radius 1 is 0.604 bits per heavy atom. The predicted octanol–water partition coefficient (Wildman–Crippen LogP) is 4.27. The van der Waals surface area contributed by atoms with Crippen LogP contribution < -0.4 is 22.1 Å². The highest BCUT2D eigenvalue weighted by atomic mass is 16.3. The van der Waals surface area contributed by atoms with Crippen LogP contribution in [0.25, 0.3) is 0 Å². The van der Waals surface area contributed by atoms with E-state index in [9.17, 15) is 30.0 Å². The molecule has 0 aliphatic carbocycles. The van der Waals surface area contributed by atoms with Crippen molar-refractivity contribution in [1.82, 2.24) is 10.6 Å². The molecule has 4 aromatic rings. The minimum atomic E-state index is -0.775. The molecule has 4 aromatic carbocycles. The van der Waals surface area contributed by atoms with Gasteiger partial charge in [0.15, 0.2) is 0 Å². The summed E-state index contributed by atoms with van der Waals surface area (Å²) in [5.74, 6) is -1.79. The van der Waals surface area contributed by atoms with Gasteiger partial charge in [-0.2, -0.15) is 0 Å². The molecule has 48 heavy (non-hydrogen) atoms. The third-order valence-corrected chi connectivity index (χ3v) is 8.08. The molecule has 4 unspecified atom stereocenters. The molecular formula is C38H48N4O6. The molecule has 0 aliphatic rings. The highest BCUT2D eigenvalue weighted by Crippen LogP contribution is 2.23. The van der Waals surface area contributed by atoms with Crippen molar-refractivity contribution < 1.29 is 30.0 Å². The summed E-state index contributed by atoms with van der Waals surface area (Å²) in [6.45, 7) is 4.86. The lowest BCUT2D eigenvalue weighted by atomic mass is 10.0. The number of rotatable bonds is 16. The Morgan fingerprint density at radius 2 is 0.958 bits per heavy atom. The largest absolute Gasteiger partial charge is 0.507 e. The molecule has 0 saturated heterocycles. The third-order valence-electron chi connectivity index (χ3n) is 8.08. The number of hydrogen-bond acceptors (Lipinski definition) is 8. The molecule has 10 nitrogen and oxygen atoms in total. The van der Waals surface area contributed by atoms with E-state index in [0.29, 0.717) is 24.2 Å². The quantitative estimate of drug-likeness (QED) is 0.0877. The van der Waals surface area contributed by atoms with E-state index in [0.717, 1.165) is 25.7 Å². The van der Waals surface area contributed by atoms with Crippen LogP contribution in [0.15, 0.2) is 97.1 Å². The fraction of sp³-hybridized carbons (Fsp3) is 0.316. The van der Waals surface area contributed by atoms with E-state index in [2.05, 4.69) is 48.7 Å². The normalized spacial score (nSPS) is 13.4. The number of aliphatic hydroxyl groups is 2. The van der Waals surface area contributed by atoms with Crippen LogP contribution in [0.1, 0.15) is 81.9 Å². The Kier molecular flexibility index (Phi) is 15.1. The molecule has 0 aliphatic heterocycles. The van der Waals surface area contributed by atoms with E-state index >= 15 is 0 Å². The average molecular weight is 657 g/mol. The Balaban J connectivity index is 0.000000260. The standard InChI is InChI=1S/2C19H24N2O3/c2*1-13(7-8-14-5-3-2-4-6-14)21-12-18(23)15-9-10-17(22)16(11-15)19(20)24/h2*2-6,9-11,13,18,21-23H,7-8,12H2,1H3,(H2,20,24). The van der Waals surface area contributed by atoms with E-state index in [-0.39, 0.29) is 34.7 Å². The van der Waals surface area contributed by atoms with Crippen molar-refractivity contribution in [2.75, 3.05) is 13.1 Å². The molecule has 0 fully saturated rings. The number of carbonyl (C=O) groups excluding carboxylic acids is 2. The van der Waals surface area contributed by atoms with Gasteiger partial charge in [0.25, 0.3) is 11.8 Å². The van der Waals surface area contributed by atoms with Gasteiger partial charge in [0, 0.05) is 25.2 Å². The van der Waals surface area contributed by atoms with Crippen LogP contribution in [0, 0.1) is 0 Å². The number of aliphatic hydroxyl groups excluding tert-OH is 2. The van der Waals surface area contributed by atoms with E-state index in [4.69, 9.17) is 11.5 Å². The Hall–Kier alpha value is -4.74. The first-order valence-corrected chi connectivity index (χ1v) is 16.1. The van der Waals surface area contributed by atoms with Gasteiger partial charge in [0.05, 0.1) is 23.3 Å². The van der Waals surface area contributed by atoms with Gasteiger partial charge in [-0.25, -0.2) is 0 Å². The molecule has 10 heteroatoms. The summed E-state index contributed by atoms with van der Waals surface area (Å²) in [5, 5.41) is 46.3. The maximum Gasteiger partial charge on any atom is 0.252 e. The van der Waals surface area contributed by atoms with Gasteiger partial charge in [-0.1, -0.05) is 72.8 Å². The maximum atomic E-state index is 11.2. The molecule has 256 valence electrons. The van der Waals surface area contributed by atoms with Gasteiger partial charge in [0.2, 0.25) is 0 Å². The van der Waals surface area contributed by atoms with Gasteiger partial charge in [-0.05, 0) is 86.1 Å². The minimum Gasteiger partial charge on any atom is -0.507 e. The summed E-state index contributed by atoms with van der Waals surface area (Å²) in [5.41, 5.74) is 14.1. The number of amides is 2. The first kappa shape index (κ1) is 37.7. The van der Waals surface area contributed by atoms with Crippen LogP contribution in [0.4, 0.5) is 0 Å². The number of benzene rings is 4. The average Bonchev–Trinajstić information content (AvgIpc) is 3.09. The number of phenols is 2. The van der Waals surface area contributed by atoms with E-state index in [1.54, 1.807) is 12.1 Å². The Bertz CT molecular complexity index is 1470. The second-order valence-electron chi connectivity index (χ2n) is 12.0. The molecular weight excluding hydrogens is 608 g/mol. The first-order chi connectivity index (χ1) is 22.9. The van der Waals surface area contributed by atoms with Crippen molar-refractivity contribution in [2.45, 2.75) is 63.8 Å². The van der Waals surface area contributed by atoms with E-state index in [1.807, 2.05) is 36.4 Å². The molecule has 0 bridgehead atoms. The zero-order valence-corrected chi connectivity index (χ0v) is 27.5. The van der Waals surface area contributed by atoms with Crippen molar-refractivity contribution >= 4 is 11.8 Å². The van der Waals surface area contributed by atoms with Crippen molar-refractivity contribution in [3.8, 4) is 11.5 Å². The number of nitrogens with one attached hydrogen (secondary N) is 2. The number of aromatic hydroxyl groups is 2. The van der Waals surface area contributed by atoms with Crippen molar-refractivity contribution in [3.05, 3.63) is 130 Å². The number of primary amides is 2. The molecule has 0 aromatic heterocycles. The smallest absolute Gasteiger partial charge is 0.252 e. The monoisotopic (exact) mass is 656 g/mol. The summed E-state index contributed by atoms with van der Waals surface area (Å²) in [6, 6.07) is 29.8. The fourth-order valence-electron chi connectivity index (χ4n) is 5.04. The molecule has 0 spiro atoms. The first-order valence-electron chi connectivity index (χ1n) is 16.1. The number of carbonyl (C=O) groups is 2. The van der Waals surface area contributed by atoms with Crippen LogP contribution >= 0.6 is 0 Å². The van der Waals surface area contributed by atoms with Crippen LogP contribution in [-0.4, -0.2) is 57.4 Å². The third kappa shape index (κ3) is 12.5. The highest BCUT2D eigenvalue weighted by molar-refractivity contribution is 5.96. The maximum absolute atomic E-state index is 11.2. The fourth-order valence-corrected chi connectivity index (χ4v) is 5.04. The molecule has 4 atom stereocenters. The summed E-state index contributed by atoms with van der Waals surface area (Å²) in [6.07, 6.45) is 2.30. The molecule has 2 amide bonds. The molecule has 4 rings (SSSR count). The lowest BCUT2D eigenvalue weighted by Crippen LogP contribution is -2.31. The Labute approximate surface area is 282 Å². The summed E-state index contributed by atoms with van der Waals surface area (Å²) in [7, 11) is 0. The summed E-state index contributed by atoms with van der Waals surface area (Å²) < 4.78 is 0.